The SMILES string of the molecule is COc1ccc(Cl)cc1NC(=O)CN(C)C(=O)CCc1ccc(-c2ccccc2)o1. The molecule has 0 aliphatic carbocycles. The zero-order chi connectivity index (χ0) is 21.5. The van der Waals surface area contributed by atoms with Crippen molar-refractivity contribution in [2.24, 2.45) is 0 Å². The van der Waals surface area contributed by atoms with Crippen molar-refractivity contribution >= 4 is 29.1 Å². The molecule has 1 N–H and O–H groups in total. The fourth-order valence-electron chi connectivity index (χ4n) is 2.96. The Labute approximate surface area is 180 Å². The average molecular weight is 427 g/mol. The van der Waals surface area contributed by atoms with Crippen LogP contribution in [0.2, 0.25) is 5.02 Å². The van der Waals surface area contributed by atoms with Gasteiger partial charge in [-0.15, -0.1) is 0 Å². The number of hydrogen-bond acceptors (Lipinski definition) is 4. The first-order valence-corrected chi connectivity index (χ1v) is 9.85. The van der Waals surface area contributed by atoms with Crippen molar-refractivity contribution in [1.29, 1.82) is 0 Å². The molecule has 0 radical (unpaired) electrons. The van der Waals surface area contributed by atoms with Gasteiger partial charge >= 0.3 is 0 Å². The van der Waals surface area contributed by atoms with Gasteiger partial charge in [-0.25, -0.2) is 0 Å². The van der Waals surface area contributed by atoms with Gasteiger partial charge in [-0.1, -0.05) is 41.9 Å². The third-order valence-electron chi connectivity index (χ3n) is 4.55. The second kappa shape index (κ2) is 9.98. The first kappa shape index (κ1) is 21.5. The summed E-state index contributed by atoms with van der Waals surface area (Å²) in [5, 5.41) is 3.20. The van der Waals surface area contributed by atoms with Crippen molar-refractivity contribution in [3.63, 3.8) is 0 Å². The van der Waals surface area contributed by atoms with E-state index in [1.165, 1.54) is 12.0 Å². The van der Waals surface area contributed by atoms with E-state index < -0.39 is 0 Å². The fourth-order valence-corrected chi connectivity index (χ4v) is 3.13. The molecule has 2 amide bonds. The highest BCUT2D eigenvalue weighted by molar-refractivity contribution is 6.31. The summed E-state index contributed by atoms with van der Waals surface area (Å²) in [6.45, 7) is -0.0814. The lowest BCUT2D eigenvalue weighted by Crippen LogP contribution is -2.35. The maximum Gasteiger partial charge on any atom is 0.244 e. The van der Waals surface area contributed by atoms with Crippen molar-refractivity contribution in [3.8, 4) is 17.1 Å². The van der Waals surface area contributed by atoms with E-state index in [1.807, 2.05) is 42.5 Å². The van der Waals surface area contributed by atoms with Crippen molar-refractivity contribution in [2.45, 2.75) is 12.8 Å². The standard InChI is InChI=1S/C23H23ClN2O4/c1-26(15-22(27)25-19-14-17(24)8-11-21(19)29-2)23(28)13-10-18-9-12-20(30-18)16-6-4-3-5-7-16/h3-9,11-12,14H,10,13,15H2,1-2H3,(H,25,27). The van der Waals surface area contributed by atoms with Gasteiger partial charge in [-0.2, -0.15) is 0 Å². The molecule has 156 valence electrons. The monoisotopic (exact) mass is 426 g/mol. The smallest absolute Gasteiger partial charge is 0.244 e. The summed E-state index contributed by atoms with van der Waals surface area (Å²) < 4.78 is 11.0. The zero-order valence-electron chi connectivity index (χ0n) is 16.9. The second-order valence-electron chi connectivity index (χ2n) is 6.77. The topological polar surface area (TPSA) is 71.8 Å². The predicted octanol–water partition coefficient (Wildman–Crippen LogP) is 4.64. The minimum Gasteiger partial charge on any atom is -0.495 e. The molecule has 0 unspecified atom stereocenters. The molecule has 3 rings (SSSR count). The van der Waals surface area contributed by atoms with Gasteiger partial charge in [0.1, 0.15) is 17.3 Å². The van der Waals surface area contributed by atoms with Crippen LogP contribution in [0.15, 0.2) is 65.1 Å². The number of likely N-dealkylation sites (N-methyl/N-ethyl adjacent to an activating group) is 1. The number of rotatable bonds is 8. The number of aryl methyl sites for hydroxylation is 1. The zero-order valence-corrected chi connectivity index (χ0v) is 17.6. The molecule has 2 aromatic carbocycles. The lowest BCUT2D eigenvalue weighted by Gasteiger charge is -2.17. The molecule has 0 saturated carbocycles. The Kier molecular flexibility index (Phi) is 7.14. The van der Waals surface area contributed by atoms with Crippen LogP contribution in [0, 0.1) is 0 Å². The van der Waals surface area contributed by atoms with Gasteiger partial charge < -0.3 is 19.4 Å². The maximum absolute atomic E-state index is 12.4. The third kappa shape index (κ3) is 5.64. The Morgan fingerprint density at radius 2 is 1.87 bits per heavy atom. The van der Waals surface area contributed by atoms with Crippen molar-refractivity contribution < 1.29 is 18.7 Å². The number of carbonyl (C=O) groups excluding carboxylic acids is 2. The summed E-state index contributed by atoms with van der Waals surface area (Å²) >= 11 is 5.97. The van der Waals surface area contributed by atoms with E-state index in [9.17, 15) is 9.59 Å². The van der Waals surface area contributed by atoms with E-state index in [-0.39, 0.29) is 24.8 Å². The van der Waals surface area contributed by atoms with Gasteiger partial charge in [0.2, 0.25) is 11.8 Å². The summed E-state index contributed by atoms with van der Waals surface area (Å²) in [4.78, 5) is 26.1. The van der Waals surface area contributed by atoms with Crippen molar-refractivity contribution in [1.82, 2.24) is 4.90 Å². The molecular weight excluding hydrogens is 404 g/mol. The molecule has 0 bridgehead atoms. The summed E-state index contributed by atoms with van der Waals surface area (Å²) in [5.74, 6) is 1.50. The minimum atomic E-state index is -0.337. The van der Waals surface area contributed by atoms with Crippen LogP contribution in [0.4, 0.5) is 5.69 Å². The quantitative estimate of drug-likeness (QED) is 0.569. The van der Waals surface area contributed by atoms with Crippen molar-refractivity contribution in [2.75, 3.05) is 26.0 Å². The Bertz CT molecular complexity index is 1020. The number of halogens is 1. The molecule has 3 aromatic rings. The fraction of sp³-hybridized carbons (Fsp3) is 0.217. The van der Waals surface area contributed by atoms with Gasteiger partial charge in [-0.3, -0.25) is 9.59 Å². The number of carbonyl (C=O) groups is 2. The number of benzene rings is 2. The van der Waals surface area contributed by atoms with Crippen LogP contribution in [0.5, 0.6) is 5.75 Å². The van der Waals surface area contributed by atoms with Crippen molar-refractivity contribution in [3.05, 3.63) is 71.4 Å². The largest absolute Gasteiger partial charge is 0.495 e. The highest BCUT2D eigenvalue weighted by Gasteiger charge is 2.16. The van der Waals surface area contributed by atoms with Gasteiger partial charge in [0.15, 0.2) is 0 Å². The lowest BCUT2D eigenvalue weighted by molar-refractivity contribution is -0.133. The summed E-state index contributed by atoms with van der Waals surface area (Å²) in [6.07, 6.45) is 0.700. The lowest BCUT2D eigenvalue weighted by atomic mass is 10.2. The van der Waals surface area contributed by atoms with Crippen LogP contribution in [0.3, 0.4) is 0 Å². The van der Waals surface area contributed by atoms with Crippen LogP contribution in [-0.4, -0.2) is 37.4 Å². The van der Waals surface area contributed by atoms with Crippen LogP contribution < -0.4 is 10.1 Å². The number of hydrogen-bond donors (Lipinski definition) is 1. The molecule has 6 nitrogen and oxygen atoms in total. The second-order valence-corrected chi connectivity index (χ2v) is 7.21. The third-order valence-corrected chi connectivity index (χ3v) is 4.78. The van der Waals surface area contributed by atoms with E-state index in [2.05, 4.69) is 5.32 Å². The predicted molar refractivity (Wildman–Crippen MR) is 117 cm³/mol. The van der Waals surface area contributed by atoms with E-state index in [0.717, 1.165) is 17.1 Å². The number of methoxy groups -OCH3 is 1. The van der Waals surface area contributed by atoms with Gasteiger partial charge in [0.05, 0.1) is 19.3 Å². The Morgan fingerprint density at radius 3 is 2.60 bits per heavy atom. The number of nitrogens with one attached hydrogen (secondary N) is 1. The first-order chi connectivity index (χ1) is 14.5. The number of furan rings is 1. The molecule has 0 aliphatic rings. The number of nitrogens with zero attached hydrogens (tertiary/aromatic N) is 1. The number of anilines is 1. The normalized spacial score (nSPS) is 10.5. The van der Waals surface area contributed by atoms with Gasteiger partial charge in [-0.05, 0) is 30.3 Å². The molecule has 30 heavy (non-hydrogen) atoms. The molecule has 0 fully saturated rings. The van der Waals surface area contributed by atoms with E-state index in [1.54, 1.807) is 25.2 Å². The molecular formula is C23H23ClN2O4. The van der Waals surface area contributed by atoms with Gasteiger partial charge in [0, 0.05) is 30.5 Å². The number of ether oxygens (including phenoxy) is 1. The Morgan fingerprint density at radius 1 is 1.10 bits per heavy atom. The maximum atomic E-state index is 12.4. The first-order valence-electron chi connectivity index (χ1n) is 9.47. The summed E-state index contributed by atoms with van der Waals surface area (Å²) in [7, 11) is 3.10. The molecule has 0 spiro atoms. The summed E-state index contributed by atoms with van der Waals surface area (Å²) in [6, 6.07) is 18.5. The molecule has 0 aliphatic heterocycles. The van der Waals surface area contributed by atoms with E-state index in [4.69, 9.17) is 20.8 Å². The molecule has 7 heteroatoms. The van der Waals surface area contributed by atoms with Gasteiger partial charge in [0.25, 0.3) is 0 Å². The highest BCUT2D eigenvalue weighted by Crippen LogP contribution is 2.27. The average Bonchev–Trinajstić information content (AvgIpc) is 3.22. The highest BCUT2D eigenvalue weighted by atomic mass is 35.5. The van der Waals surface area contributed by atoms with Crippen LogP contribution >= 0.6 is 11.6 Å². The summed E-state index contributed by atoms with van der Waals surface area (Å²) in [5.41, 5.74) is 1.44. The number of amides is 2. The molecule has 1 aromatic heterocycles. The van der Waals surface area contributed by atoms with E-state index in [0.29, 0.717) is 22.9 Å². The Balaban J connectivity index is 1.51. The van der Waals surface area contributed by atoms with Crippen LogP contribution in [-0.2, 0) is 16.0 Å². The van der Waals surface area contributed by atoms with Crippen LogP contribution in [0.25, 0.3) is 11.3 Å². The Hall–Kier alpha value is -3.25. The molecule has 0 atom stereocenters. The van der Waals surface area contributed by atoms with Crippen LogP contribution in [0.1, 0.15) is 12.2 Å². The molecule has 0 saturated heterocycles. The molecule has 1 heterocycles. The minimum absolute atomic E-state index is 0.0814. The van der Waals surface area contributed by atoms with E-state index >= 15 is 0 Å².